The molecule has 5 heteroatoms. The van der Waals surface area contributed by atoms with Gasteiger partial charge in [0, 0.05) is 18.8 Å². The van der Waals surface area contributed by atoms with Crippen molar-refractivity contribution in [3.63, 3.8) is 0 Å². The molecule has 1 saturated carbocycles. The Kier molecular flexibility index (Phi) is 7.72. The van der Waals surface area contributed by atoms with Gasteiger partial charge >= 0.3 is 5.97 Å². The van der Waals surface area contributed by atoms with E-state index in [2.05, 4.69) is 6.92 Å². The number of carbonyl (C=O) groups excluding carboxylic acids is 1. The van der Waals surface area contributed by atoms with E-state index in [1.54, 1.807) is 0 Å². The van der Waals surface area contributed by atoms with Gasteiger partial charge in [-0.25, -0.2) is 0 Å². The van der Waals surface area contributed by atoms with Gasteiger partial charge < -0.3 is 14.6 Å². The molecule has 0 aliphatic heterocycles. The maximum absolute atomic E-state index is 12.7. The van der Waals surface area contributed by atoms with Gasteiger partial charge in [-0.15, -0.1) is 0 Å². The van der Waals surface area contributed by atoms with Gasteiger partial charge in [0.2, 0.25) is 0 Å². The second kappa shape index (κ2) is 10.5. The molecule has 0 amide bonds. The summed E-state index contributed by atoms with van der Waals surface area (Å²) < 4.78 is 12.0. The number of Topliss-reactive ketones (excluding diaryl/α,β-unsaturated/α-hetero) is 1. The van der Waals surface area contributed by atoms with Crippen LogP contribution in [0.1, 0.15) is 66.6 Å². The highest BCUT2D eigenvalue weighted by Crippen LogP contribution is 2.36. The molecule has 3 rings (SSSR count). The second-order valence-electron chi connectivity index (χ2n) is 8.37. The van der Waals surface area contributed by atoms with Crippen LogP contribution >= 0.6 is 0 Å². The smallest absolute Gasteiger partial charge is 0.303 e. The van der Waals surface area contributed by atoms with Crippen molar-refractivity contribution in [1.82, 2.24) is 0 Å². The second-order valence-corrected chi connectivity index (χ2v) is 8.37. The molecule has 0 unspecified atom stereocenters. The number of hydrogen-bond acceptors (Lipinski definition) is 4. The minimum absolute atomic E-state index is 0.0887. The predicted octanol–water partition coefficient (Wildman–Crippen LogP) is 5.40. The van der Waals surface area contributed by atoms with E-state index in [1.165, 1.54) is 0 Å². The highest BCUT2D eigenvalue weighted by molar-refractivity contribution is 6.01. The number of ether oxygens (including phenoxy) is 2. The molecule has 1 atom stereocenters. The zero-order valence-corrected chi connectivity index (χ0v) is 18.6. The SMILES string of the molecule is CCc1ccc(O[C@H](C)CCOc2ccc(CCC(=O)O)c(C)c2)c(C(=O)C2CC2)c1. The lowest BCUT2D eigenvalue weighted by Crippen LogP contribution is -2.18. The average molecular weight is 425 g/mol. The van der Waals surface area contributed by atoms with E-state index in [0.717, 1.165) is 41.7 Å². The highest BCUT2D eigenvalue weighted by Gasteiger charge is 2.32. The first-order chi connectivity index (χ1) is 14.9. The Labute approximate surface area is 184 Å². The Morgan fingerprint density at radius 1 is 1.16 bits per heavy atom. The molecular weight excluding hydrogens is 392 g/mol. The number of benzene rings is 2. The fraction of sp³-hybridized carbons (Fsp3) is 0.462. The van der Waals surface area contributed by atoms with Gasteiger partial charge in [0.15, 0.2) is 5.78 Å². The van der Waals surface area contributed by atoms with E-state index in [9.17, 15) is 9.59 Å². The van der Waals surface area contributed by atoms with Crippen molar-refractivity contribution >= 4 is 11.8 Å². The lowest BCUT2D eigenvalue weighted by atomic mass is 10.0. The molecule has 166 valence electrons. The van der Waals surface area contributed by atoms with E-state index in [4.69, 9.17) is 14.6 Å². The fourth-order valence-electron chi connectivity index (χ4n) is 3.56. The normalized spacial score (nSPS) is 14.2. The average Bonchev–Trinajstić information content (AvgIpc) is 3.58. The van der Waals surface area contributed by atoms with Gasteiger partial charge in [-0.05, 0) is 80.5 Å². The molecule has 0 saturated heterocycles. The summed E-state index contributed by atoms with van der Waals surface area (Å²) in [5, 5.41) is 8.84. The Balaban J connectivity index is 1.53. The Bertz CT molecular complexity index is 929. The molecule has 1 aliphatic carbocycles. The summed E-state index contributed by atoms with van der Waals surface area (Å²) >= 11 is 0. The van der Waals surface area contributed by atoms with Crippen molar-refractivity contribution in [1.29, 1.82) is 0 Å². The molecule has 0 bridgehead atoms. The first-order valence-corrected chi connectivity index (χ1v) is 11.1. The van der Waals surface area contributed by atoms with Gasteiger partial charge in [0.1, 0.15) is 11.5 Å². The van der Waals surface area contributed by atoms with Crippen molar-refractivity contribution < 1.29 is 24.2 Å². The molecule has 0 heterocycles. The third kappa shape index (κ3) is 6.58. The maximum atomic E-state index is 12.7. The first-order valence-electron chi connectivity index (χ1n) is 11.1. The Morgan fingerprint density at radius 3 is 2.58 bits per heavy atom. The zero-order chi connectivity index (χ0) is 22.4. The molecule has 2 aromatic rings. The molecule has 5 nitrogen and oxygen atoms in total. The highest BCUT2D eigenvalue weighted by atomic mass is 16.5. The van der Waals surface area contributed by atoms with Crippen molar-refractivity contribution in [3.8, 4) is 11.5 Å². The molecule has 2 aromatic carbocycles. The van der Waals surface area contributed by atoms with Crippen LogP contribution < -0.4 is 9.47 Å². The monoisotopic (exact) mass is 424 g/mol. The van der Waals surface area contributed by atoms with Crippen LogP contribution in [-0.2, 0) is 17.6 Å². The maximum Gasteiger partial charge on any atom is 0.303 e. The molecular formula is C26H32O5. The fourth-order valence-corrected chi connectivity index (χ4v) is 3.56. The van der Waals surface area contributed by atoms with E-state index in [1.807, 2.05) is 50.2 Å². The summed E-state index contributed by atoms with van der Waals surface area (Å²) in [6, 6.07) is 11.7. The van der Waals surface area contributed by atoms with Crippen LogP contribution in [0.5, 0.6) is 11.5 Å². The summed E-state index contributed by atoms with van der Waals surface area (Å²) in [4.78, 5) is 23.4. The summed E-state index contributed by atoms with van der Waals surface area (Å²) in [6.45, 7) is 6.53. The van der Waals surface area contributed by atoms with Crippen LogP contribution in [0.25, 0.3) is 0 Å². The van der Waals surface area contributed by atoms with E-state index < -0.39 is 5.97 Å². The lowest BCUT2D eigenvalue weighted by Gasteiger charge is -2.18. The number of carbonyl (C=O) groups is 2. The van der Waals surface area contributed by atoms with Crippen molar-refractivity contribution in [3.05, 3.63) is 58.7 Å². The van der Waals surface area contributed by atoms with Crippen LogP contribution in [0.2, 0.25) is 0 Å². The third-order valence-corrected chi connectivity index (χ3v) is 5.71. The van der Waals surface area contributed by atoms with Crippen LogP contribution in [-0.4, -0.2) is 29.6 Å². The topological polar surface area (TPSA) is 72.8 Å². The molecule has 31 heavy (non-hydrogen) atoms. The van der Waals surface area contributed by atoms with Crippen molar-refractivity contribution in [2.24, 2.45) is 5.92 Å². The number of ketones is 1. The van der Waals surface area contributed by atoms with Gasteiger partial charge in [0.25, 0.3) is 0 Å². The first kappa shape index (κ1) is 22.9. The van der Waals surface area contributed by atoms with Gasteiger partial charge in [0.05, 0.1) is 18.3 Å². The van der Waals surface area contributed by atoms with Crippen LogP contribution in [0.15, 0.2) is 36.4 Å². The summed E-state index contributed by atoms with van der Waals surface area (Å²) in [6.07, 6.45) is 4.09. The van der Waals surface area contributed by atoms with Crippen molar-refractivity contribution in [2.45, 2.75) is 65.4 Å². The van der Waals surface area contributed by atoms with Crippen LogP contribution in [0, 0.1) is 12.8 Å². The largest absolute Gasteiger partial charge is 0.493 e. The third-order valence-electron chi connectivity index (χ3n) is 5.71. The molecule has 1 N–H and O–H groups in total. The number of aryl methyl sites for hydroxylation is 3. The number of carboxylic acids is 1. The summed E-state index contributed by atoms with van der Waals surface area (Å²) in [7, 11) is 0. The van der Waals surface area contributed by atoms with E-state index in [-0.39, 0.29) is 24.2 Å². The number of hydrogen-bond donors (Lipinski definition) is 1. The number of rotatable bonds is 12. The van der Waals surface area contributed by atoms with Crippen LogP contribution in [0.3, 0.4) is 0 Å². The zero-order valence-electron chi connectivity index (χ0n) is 18.6. The molecule has 0 spiro atoms. The van der Waals surface area contributed by atoms with E-state index in [0.29, 0.717) is 30.8 Å². The Hall–Kier alpha value is -2.82. The summed E-state index contributed by atoms with van der Waals surface area (Å²) in [5.41, 5.74) is 3.91. The standard InChI is InChI=1S/C26H32O5/c1-4-19-5-11-24(23(16-19)26(29)21-6-7-21)31-18(3)13-14-30-22-10-8-20(17(2)15-22)9-12-25(27)28/h5,8,10-11,15-16,18,21H,4,6-7,9,12-14H2,1-3H3,(H,27,28)/t18-/m1/s1. The summed E-state index contributed by atoms with van der Waals surface area (Å²) in [5.74, 6) is 1.00. The predicted molar refractivity (Wildman–Crippen MR) is 120 cm³/mol. The van der Waals surface area contributed by atoms with Crippen LogP contribution in [0.4, 0.5) is 0 Å². The quantitative estimate of drug-likeness (QED) is 0.462. The Morgan fingerprint density at radius 2 is 1.94 bits per heavy atom. The van der Waals surface area contributed by atoms with Gasteiger partial charge in [-0.2, -0.15) is 0 Å². The van der Waals surface area contributed by atoms with Gasteiger partial charge in [-0.3, -0.25) is 9.59 Å². The van der Waals surface area contributed by atoms with Gasteiger partial charge in [-0.1, -0.05) is 19.1 Å². The van der Waals surface area contributed by atoms with E-state index >= 15 is 0 Å². The molecule has 1 fully saturated rings. The molecule has 0 radical (unpaired) electrons. The number of aliphatic carboxylic acids is 1. The molecule has 0 aromatic heterocycles. The number of carboxylic acid groups (broad SMARTS) is 1. The molecule has 1 aliphatic rings. The minimum atomic E-state index is -0.792. The van der Waals surface area contributed by atoms with Crippen molar-refractivity contribution in [2.75, 3.05) is 6.61 Å². The minimum Gasteiger partial charge on any atom is -0.493 e. The lowest BCUT2D eigenvalue weighted by molar-refractivity contribution is -0.136.